The van der Waals surface area contributed by atoms with Gasteiger partial charge in [0.15, 0.2) is 5.82 Å². The highest BCUT2D eigenvalue weighted by Crippen LogP contribution is 2.16. The Morgan fingerprint density at radius 3 is 2.48 bits per heavy atom. The smallest absolute Gasteiger partial charge is 0.246 e. The van der Waals surface area contributed by atoms with E-state index in [9.17, 15) is 9.18 Å². The van der Waals surface area contributed by atoms with Crippen LogP contribution in [0.2, 0.25) is 0 Å². The average molecular weight is 438 g/mol. The highest BCUT2D eigenvalue weighted by atomic mass is 32.1. The molecule has 0 fully saturated rings. The molecular weight excluding hydrogens is 417 g/mol. The molecule has 2 aromatic heterocycles. The summed E-state index contributed by atoms with van der Waals surface area (Å²) >= 11 is 5.59. The van der Waals surface area contributed by atoms with Crippen LogP contribution in [0.1, 0.15) is 11.4 Å². The van der Waals surface area contributed by atoms with Crippen molar-refractivity contribution < 1.29 is 13.9 Å². The van der Waals surface area contributed by atoms with E-state index in [1.807, 2.05) is 48.8 Å². The Kier molecular flexibility index (Phi) is 5.94. The first-order valence-electron chi connectivity index (χ1n) is 9.55. The summed E-state index contributed by atoms with van der Waals surface area (Å²) in [7, 11) is 1.62. The summed E-state index contributed by atoms with van der Waals surface area (Å²) in [5.41, 5.74) is 1.12. The Labute approximate surface area is 183 Å². The van der Waals surface area contributed by atoms with Gasteiger partial charge in [0.05, 0.1) is 12.8 Å². The standard InChI is InChI=1S/C22H20FN5O2S/c1-30-17-10-8-16(9-11-17)14-20-25-27(22(31)28(20)26-12-4-5-13-26)15-21(29)24-19-7-3-2-6-18(19)23/h2-13H,14-15H2,1H3,(H,24,29). The van der Waals surface area contributed by atoms with E-state index in [0.29, 0.717) is 17.0 Å². The van der Waals surface area contributed by atoms with E-state index in [4.69, 9.17) is 17.0 Å². The normalized spacial score (nSPS) is 10.8. The lowest BCUT2D eigenvalue weighted by atomic mass is 10.1. The summed E-state index contributed by atoms with van der Waals surface area (Å²) in [5, 5.41) is 7.14. The van der Waals surface area contributed by atoms with Crippen LogP contribution in [0.15, 0.2) is 73.1 Å². The van der Waals surface area contributed by atoms with E-state index in [1.165, 1.54) is 16.8 Å². The number of carbonyl (C=O) groups is 1. The number of ether oxygens (including phenoxy) is 1. The third-order valence-corrected chi connectivity index (χ3v) is 5.05. The lowest BCUT2D eigenvalue weighted by Crippen LogP contribution is -2.20. The Balaban J connectivity index is 1.62. The van der Waals surface area contributed by atoms with Crippen LogP contribution in [0.5, 0.6) is 5.75 Å². The van der Waals surface area contributed by atoms with Crippen molar-refractivity contribution in [1.82, 2.24) is 19.1 Å². The monoisotopic (exact) mass is 437 g/mol. The molecule has 0 saturated heterocycles. The fourth-order valence-corrected chi connectivity index (χ4v) is 3.47. The number of anilines is 1. The zero-order valence-electron chi connectivity index (χ0n) is 16.7. The second-order valence-electron chi connectivity index (χ2n) is 6.78. The number of aromatic nitrogens is 4. The molecule has 0 bridgehead atoms. The third-order valence-electron chi connectivity index (χ3n) is 4.66. The SMILES string of the molecule is COc1ccc(Cc2nn(CC(=O)Nc3ccccc3F)c(=S)n2-n2cccc2)cc1. The van der Waals surface area contributed by atoms with Gasteiger partial charge in [-0.3, -0.25) is 9.47 Å². The Bertz CT molecular complexity index is 1250. The second-order valence-corrected chi connectivity index (χ2v) is 7.15. The zero-order chi connectivity index (χ0) is 21.8. The number of nitrogens with one attached hydrogen (secondary N) is 1. The molecule has 31 heavy (non-hydrogen) atoms. The first kappa shape index (κ1) is 20.5. The first-order chi connectivity index (χ1) is 15.0. The predicted octanol–water partition coefficient (Wildman–Crippen LogP) is 3.90. The van der Waals surface area contributed by atoms with Crippen molar-refractivity contribution in [2.45, 2.75) is 13.0 Å². The minimum absolute atomic E-state index is 0.113. The molecule has 0 aliphatic rings. The van der Waals surface area contributed by atoms with E-state index in [2.05, 4.69) is 10.4 Å². The maximum Gasteiger partial charge on any atom is 0.246 e. The largest absolute Gasteiger partial charge is 0.497 e. The zero-order valence-corrected chi connectivity index (χ0v) is 17.6. The molecule has 0 aliphatic heterocycles. The van der Waals surface area contributed by atoms with Gasteiger partial charge in [0.2, 0.25) is 10.7 Å². The van der Waals surface area contributed by atoms with Crippen LogP contribution in [0.4, 0.5) is 10.1 Å². The van der Waals surface area contributed by atoms with Crippen LogP contribution in [-0.2, 0) is 17.8 Å². The molecule has 0 aliphatic carbocycles. The van der Waals surface area contributed by atoms with E-state index in [1.54, 1.807) is 28.6 Å². The van der Waals surface area contributed by atoms with Crippen molar-refractivity contribution in [3.05, 3.63) is 95.0 Å². The lowest BCUT2D eigenvalue weighted by Gasteiger charge is -2.08. The van der Waals surface area contributed by atoms with Gasteiger partial charge in [0.1, 0.15) is 18.1 Å². The van der Waals surface area contributed by atoms with Crippen LogP contribution in [0.3, 0.4) is 0 Å². The molecule has 0 unspecified atom stereocenters. The molecule has 0 atom stereocenters. The van der Waals surface area contributed by atoms with Gasteiger partial charge in [-0.2, -0.15) is 5.10 Å². The van der Waals surface area contributed by atoms with Crippen molar-refractivity contribution in [2.24, 2.45) is 0 Å². The van der Waals surface area contributed by atoms with Gasteiger partial charge in [-0.15, -0.1) is 0 Å². The van der Waals surface area contributed by atoms with Crippen LogP contribution in [0, 0.1) is 10.6 Å². The van der Waals surface area contributed by atoms with Gasteiger partial charge < -0.3 is 10.1 Å². The van der Waals surface area contributed by atoms with Crippen LogP contribution < -0.4 is 10.1 Å². The number of hydrogen-bond donors (Lipinski definition) is 1. The number of halogens is 1. The van der Waals surface area contributed by atoms with Gasteiger partial charge in [-0.05, 0) is 54.2 Å². The number of methoxy groups -OCH3 is 1. The molecule has 158 valence electrons. The highest BCUT2D eigenvalue weighted by Gasteiger charge is 2.16. The first-order valence-corrected chi connectivity index (χ1v) is 9.95. The number of rotatable bonds is 7. The topological polar surface area (TPSA) is 66.0 Å². The lowest BCUT2D eigenvalue weighted by molar-refractivity contribution is -0.117. The number of carbonyl (C=O) groups excluding carboxylic acids is 1. The van der Waals surface area contributed by atoms with Crippen molar-refractivity contribution in [1.29, 1.82) is 0 Å². The minimum Gasteiger partial charge on any atom is -0.497 e. The molecule has 0 radical (unpaired) electrons. The molecule has 2 heterocycles. The molecule has 0 spiro atoms. The Morgan fingerprint density at radius 2 is 1.81 bits per heavy atom. The molecule has 7 nitrogen and oxygen atoms in total. The molecule has 1 N–H and O–H groups in total. The number of amides is 1. The molecule has 4 aromatic rings. The fraction of sp³-hybridized carbons (Fsp3) is 0.136. The molecule has 4 rings (SSSR count). The van der Waals surface area contributed by atoms with Crippen molar-refractivity contribution in [3.8, 4) is 5.75 Å². The number of para-hydroxylation sites is 1. The van der Waals surface area contributed by atoms with E-state index in [-0.39, 0.29) is 12.2 Å². The Morgan fingerprint density at radius 1 is 1.10 bits per heavy atom. The average Bonchev–Trinajstić information content (AvgIpc) is 3.39. The third kappa shape index (κ3) is 4.56. The molecule has 2 aromatic carbocycles. The summed E-state index contributed by atoms with van der Waals surface area (Å²) < 4.78 is 24.4. The predicted molar refractivity (Wildman–Crippen MR) is 117 cm³/mol. The van der Waals surface area contributed by atoms with Gasteiger partial charge in [-0.1, -0.05) is 24.3 Å². The number of nitrogens with zero attached hydrogens (tertiary/aromatic N) is 4. The van der Waals surface area contributed by atoms with E-state index >= 15 is 0 Å². The molecule has 1 amide bonds. The van der Waals surface area contributed by atoms with Gasteiger partial charge in [-0.25, -0.2) is 13.7 Å². The molecule has 9 heteroatoms. The summed E-state index contributed by atoms with van der Waals surface area (Å²) in [6.45, 7) is -0.142. The second kappa shape index (κ2) is 8.97. The van der Waals surface area contributed by atoms with Gasteiger partial charge in [0, 0.05) is 18.8 Å². The minimum atomic E-state index is -0.502. The van der Waals surface area contributed by atoms with Gasteiger partial charge in [0.25, 0.3) is 0 Å². The summed E-state index contributed by atoms with van der Waals surface area (Å²) in [4.78, 5) is 12.5. The van der Waals surface area contributed by atoms with Crippen molar-refractivity contribution >= 4 is 23.8 Å². The maximum absolute atomic E-state index is 13.8. The molecular formula is C22H20FN5O2S. The highest BCUT2D eigenvalue weighted by molar-refractivity contribution is 7.71. The van der Waals surface area contributed by atoms with Crippen LogP contribution >= 0.6 is 12.2 Å². The summed E-state index contributed by atoms with van der Waals surface area (Å²) in [6.07, 6.45) is 4.19. The quantitative estimate of drug-likeness (QED) is 0.446. The number of benzene rings is 2. The van der Waals surface area contributed by atoms with E-state index < -0.39 is 11.7 Å². The summed E-state index contributed by atoms with van der Waals surface area (Å²) in [6, 6.07) is 17.4. The molecule has 0 saturated carbocycles. The number of hydrogen-bond acceptors (Lipinski definition) is 4. The van der Waals surface area contributed by atoms with Crippen molar-refractivity contribution in [2.75, 3.05) is 12.4 Å². The van der Waals surface area contributed by atoms with E-state index in [0.717, 1.165) is 11.3 Å². The fourth-order valence-electron chi connectivity index (χ4n) is 3.16. The van der Waals surface area contributed by atoms with Gasteiger partial charge >= 0.3 is 0 Å². The Hall–Kier alpha value is -3.72. The van der Waals surface area contributed by atoms with Crippen LogP contribution in [0.25, 0.3) is 0 Å². The summed E-state index contributed by atoms with van der Waals surface area (Å²) in [5.74, 6) is 0.498. The van der Waals surface area contributed by atoms with Crippen molar-refractivity contribution in [3.63, 3.8) is 0 Å². The maximum atomic E-state index is 13.8. The van der Waals surface area contributed by atoms with Crippen LogP contribution in [-0.4, -0.2) is 32.1 Å².